The highest BCUT2D eigenvalue weighted by molar-refractivity contribution is 7.30. The van der Waals surface area contributed by atoms with Gasteiger partial charge in [0.05, 0.1) is 29.3 Å². The molecular weight excluding hydrogens is 649 g/mol. The average Bonchev–Trinajstić information content (AvgIpc) is 3.87. The largest absolute Gasteiger partial charge is 0.577 e. The first-order valence-corrected chi connectivity index (χ1v) is 18.0. The Morgan fingerprint density at radius 1 is 0.442 bits per heavy atom. The van der Waals surface area contributed by atoms with Crippen molar-refractivity contribution in [3.8, 4) is 85.0 Å². The molecule has 0 fully saturated rings. The lowest BCUT2D eigenvalue weighted by atomic mass is 10.2. The Hall–Kier alpha value is -3.10. The van der Waals surface area contributed by atoms with Crippen molar-refractivity contribution >= 4 is 56.7 Å². The Morgan fingerprint density at radius 3 is 1.47 bits per heavy atom. The normalized spacial score (nSPS) is 16.4. The fraction of sp³-hybridized carbons (Fsp3) is 0.333. The van der Waals surface area contributed by atoms with Gasteiger partial charge >= 0.3 is 5.75 Å². The van der Waals surface area contributed by atoms with E-state index in [0.29, 0.717) is 52.9 Å². The van der Waals surface area contributed by atoms with Crippen LogP contribution in [0.25, 0.3) is 39.0 Å². The van der Waals surface area contributed by atoms with E-state index in [1.807, 2.05) is 0 Å². The summed E-state index contributed by atoms with van der Waals surface area (Å²) in [5.41, 5.74) is 0. The first-order chi connectivity index (χ1) is 21.2. The van der Waals surface area contributed by atoms with Gasteiger partial charge in [-0.25, -0.2) is 0 Å². The smallest absolute Gasteiger partial charge is 0.312 e. The van der Waals surface area contributed by atoms with Gasteiger partial charge in [-0.2, -0.15) is 0 Å². The first-order valence-electron chi connectivity index (χ1n) is 13.9. The van der Waals surface area contributed by atoms with Crippen LogP contribution in [0.1, 0.15) is 9.75 Å². The maximum absolute atomic E-state index is 6.31. The molecule has 5 aromatic rings. The maximum Gasteiger partial charge on any atom is 0.312 e. The third-order valence-electron chi connectivity index (χ3n) is 7.44. The lowest BCUT2D eigenvalue weighted by molar-refractivity contribution is 0.0108. The zero-order chi connectivity index (χ0) is 28.7. The molecule has 9 rings (SSSR count). The second kappa shape index (κ2) is 10.2. The monoisotopic (exact) mass is 673 g/mol. The van der Waals surface area contributed by atoms with Crippen molar-refractivity contribution in [1.29, 1.82) is 0 Å². The molecule has 0 saturated carbocycles. The van der Waals surface area contributed by atoms with Gasteiger partial charge in [0, 0.05) is 14.6 Å². The molecule has 0 atom stereocenters. The molecule has 222 valence electrons. The van der Waals surface area contributed by atoms with Gasteiger partial charge in [0.1, 0.15) is 44.5 Å². The van der Waals surface area contributed by atoms with E-state index in [1.54, 1.807) is 56.7 Å². The molecule has 0 radical (unpaired) electrons. The van der Waals surface area contributed by atoms with Crippen LogP contribution in [0.15, 0.2) is 12.1 Å². The minimum atomic E-state index is 0.488. The summed E-state index contributed by atoms with van der Waals surface area (Å²) in [5, 5.41) is 0. The highest BCUT2D eigenvalue weighted by Crippen LogP contribution is 2.64. The van der Waals surface area contributed by atoms with Crippen LogP contribution >= 0.6 is 56.7 Å². The zero-order valence-electron chi connectivity index (χ0n) is 23.2. The van der Waals surface area contributed by atoms with Crippen molar-refractivity contribution in [1.82, 2.24) is 0 Å². The molecule has 9 heterocycles. The van der Waals surface area contributed by atoms with Crippen LogP contribution in [0.2, 0.25) is 0 Å². The number of rotatable bonds is 4. The molecular formula is C30H25O8S5+. The van der Waals surface area contributed by atoms with Crippen LogP contribution in [-0.2, 0) is 0 Å². The minimum Gasteiger partial charge on any atom is -0.577 e. The number of fused-ring (bicyclic) bond motifs is 4. The van der Waals surface area contributed by atoms with Crippen molar-refractivity contribution in [2.75, 3.05) is 52.9 Å². The molecule has 0 spiro atoms. The Bertz CT molecular complexity index is 1890. The quantitative estimate of drug-likeness (QED) is 0.178. The Balaban J connectivity index is 1.17. The van der Waals surface area contributed by atoms with E-state index in [1.165, 1.54) is 4.88 Å². The topological polar surface area (TPSA) is 77.4 Å². The van der Waals surface area contributed by atoms with E-state index in [2.05, 4.69) is 26.0 Å². The average molecular weight is 674 g/mol. The minimum absolute atomic E-state index is 0.488. The van der Waals surface area contributed by atoms with Crippen LogP contribution in [0, 0.1) is 13.8 Å². The molecule has 13 heteroatoms. The summed E-state index contributed by atoms with van der Waals surface area (Å²) in [6.45, 7) is 8.57. The van der Waals surface area contributed by atoms with E-state index in [-0.39, 0.29) is 0 Å². The third-order valence-corrected chi connectivity index (χ3v) is 13.7. The molecule has 0 unspecified atom stereocenters. The summed E-state index contributed by atoms with van der Waals surface area (Å²) in [4.78, 5) is 10.7. The van der Waals surface area contributed by atoms with Gasteiger partial charge in [0.15, 0.2) is 41.1 Å². The highest BCUT2D eigenvalue weighted by atomic mass is 32.1. The van der Waals surface area contributed by atoms with Crippen molar-refractivity contribution in [3.05, 3.63) is 21.9 Å². The number of thiophene rings is 5. The van der Waals surface area contributed by atoms with Gasteiger partial charge in [0.2, 0.25) is 12.4 Å². The van der Waals surface area contributed by atoms with E-state index >= 15 is 0 Å². The standard InChI is InChI=1S/C30H24O8S5/c1-13-17-19(33-7-5-31-17)25(39-13)15-3-4-16(41-15)26-21-22(36-10-9-35-21)29(42-26)30-24-23(37-11-12-38-24)28(43-30)27-20-18(14(2)40-27)32-6-8-34-20/h3-4H,5-12H2,1-2H3/p+1. The molecule has 1 N–H and O–H groups in total. The van der Waals surface area contributed by atoms with E-state index in [0.717, 1.165) is 89.9 Å². The SMILES string of the molecule is Cc1sc(-c2sc(-c3sc(-c4ccc(-c5sc(C)c6c5OCC[OH+]6)s4)c4c3OCCO4)c3c2OCCO3)c2c1OCCO2. The lowest BCUT2D eigenvalue weighted by Gasteiger charge is -2.19. The predicted octanol–water partition coefficient (Wildman–Crippen LogP) is 8.23. The second-order valence-corrected chi connectivity index (χ2v) is 15.7. The van der Waals surface area contributed by atoms with Gasteiger partial charge in [-0.1, -0.05) is 0 Å². The number of aromatic hydroxyl groups is 1. The van der Waals surface area contributed by atoms with E-state index in [9.17, 15) is 0 Å². The zero-order valence-corrected chi connectivity index (χ0v) is 27.2. The molecule has 43 heavy (non-hydrogen) atoms. The summed E-state index contributed by atoms with van der Waals surface area (Å²) in [6, 6.07) is 4.34. The number of ether oxygens (including phenoxy) is 8. The fourth-order valence-electron chi connectivity index (χ4n) is 5.64. The van der Waals surface area contributed by atoms with Crippen molar-refractivity contribution in [2.24, 2.45) is 0 Å². The lowest BCUT2D eigenvalue weighted by Crippen LogP contribution is -2.16. The van der Waals surface area contributed by atoms with Crippen LogP contribution < -0.4 is 33.2 Å². The number of hydrogen-bond donors (Lipinski definition) is 0. The molecule has 4 aliphatic heterocycles. The van der Waals surface area contributed by atoms with E-state index < -0.39 is 0 Å². The van der Waals surface area contributed by atoms with Gasteiger partial charge < -0.3 is 37.9 Å². The van der Waals surface area contributed by atoms with Gasteiger partial charge in [-0.15, -0.1) is 56.7 Å². The van der Waals surface area contributed by atoms with Crippen molar-refractivity contribution in [3.63, 3.8) is 0 Å². The number of aliphatic hydroxyl groups is 1. The molecule has 0 bridgehead atoms. The summed E-state index contributed by atoms with van der Waals surface area (Å²) < 4.78 is 48.0. The summed E-state index contributed by atoms with van der Waals surface area (Å²) in [6.07, 6.45) is 0. The maximum atomic E-state index is 6.31. The Labute approximate surface area is 266 Å². The molecule has 5 aromatic heterocycles. The molecule has 8 nitrogen and oxygen atoms in total. The molecule has 0 aromatic carbocycles. The molecule has 4 aliphatic rings. The van der Waals surface area contributed by atoms with Crippen LogP contribution in [0.4, 0.5) is 0 Å². The van der Waals surface area contributed by atoms with Crippen molar-refractivity contribution in [2.45, 2.75) is 13.8 Å². The second-order valence-electron chi connectivity index (χ2n) is 10.1. The van der Waals surface area contributed by atoms with Gasteiger partial charge in [0.25, 0.3) is 0 Å². The highest BCUT2D eigenvalue weighted by Gasteiger charge is 2.36. The Morgan fingerprint density at radius 2 is 0.860 bits per heavy atom. The summed E-state index contributed by atoms with van der Waals surface area (Å²) in [7, 11) is 0. The third kappa shape index (κ3) is 4.08. The van der Waals surface area contributed by atoms with Gasteiger partial charge in [-0.3, -0.25) is 0 Å². The number of aryl methyl sites for hydroxylation is 2. The molecule has 0 saturated heterocycles. The fourth-order valence-corrected chi connectivity index (χ4v) is 11.6. The van der Waals surface area contributed by atoms with Gasteiger partial charge in [-0.05, 0) is 26.0 Å². The van der Waals surface area contributed by atoms with Crippen molar-refractivity contribution < 1.29 is 37.9 Å². The molecule has 0 aliphatic carbocycles. The predicted molar refractivity (Wildman–Crippen MR) is 172 cm³/mol. The Kier molecular flexibility index (Phi) is 6.26. The van der Waals surface area contributed by atoms with Crippen LogP contribution in [0.3, 0.4) is 0 Å². The van der Waals surface area contributed by atoms with E-state index in [4.69, 9.17) is 37.9 Å². The summed E-state index contributed by atoms with van der Waals surface area (Å²) in [5.74, 6) is 6.58. The molecule has 0 amide bonds. The first kappa shape index (κ1) is 26.3. The summed E-state index contributed by atoms with van der Waals surface area (Å²) >= 11 is 8.47. The number of hydrogen-bond acceptors (Lipinski definition) is 12. The van der Waals surface area contributed by atoms with Crippen LogP contribution in [-0.4, -0.2) is 57.6 Å². The van der Waals surface area contributed by atoms with Crippen LogP contribution in [0.5, 0.6) is 46.0 Å².